The van der Waals surface area contributed by atoms with Gasteiger partial charge < -0.3 is 9.47 Å². The minimum absolute atomic E-state index is 0.0920. The Hall–Kier alpha value is -2.04. The van der Waals surface area contributed by atoms with Gasteiger partial charge in [-0.2, -0.15) is 0 Å². The summed E-state index contributed by atoms with van der Waals surface area (Å²) in [6, 6.07) is 26.7. The lowest BCUT2D eigenvalue weighted by molar-refractivity contribution is 0.340. The van der Waals surface area contributed by atoms with E-state index >= 15 is 0 Å². The third kappa shape index (κ3) is 7.26. The smallest absolute Gasteiger partial charge is 0.127 e. The Balaban J connectivity index is 1.67. The third-order valence-electron chi connectivity index (χ3n) is 5.29. The van der Waals surface area contributed by atoms with Gasteiger partial charge in [0, 0.05) is 5.41 Å². The lowest BCUT2D eigenvalue weighted by atomic mass is 9.78. The molecule has 3 aromatic carbocycles. The maximum Gasteiger partial charge on any atom is 0.127 e. The highest BCUT2D eigenvalue weighted by Gasteiger charge is 2.24. The van der Waals surface area contributed by atoms with Gasteiger partial charge in [-0.3, -0.25) is 0 Å². The second kappa shape index (κ2) is 11.5. The molecule has 0 amide bonds. The minimum Gasteiger partial charge on any atom is -0.494 e. The number of rotatable bonds is 10. The molecular formula is C27H28Br2O2. The number of aryl methyl sites for hydroxylation is 1. The molecule has 0 radical (unpaired) electrons. The monoisotopic (exact) mass is 542 g/mol. The number of halogens is 2. The standard InChI is InChI=1S/C27H28Br2O2/c1-3-30-23-16-14-22(15-17-23)27(2,20-26(28)29)18-8-10-21-9-7-13-25(19-21)31-24-11-5-4-6-12-24/h4-7,9,11-17,19-20H,3,8,10,18H2,1-2H3. The van der Waals surface area contributed by atoms with Crippen molar-refractivity contribution in [3.05, 3.63) is 99.5 Å². The molecule has 31 heavy (non-hydrogen) atoms. The van der Waals surface area contributed by atoms with Gasteiger partial charge in [-0.1, -0.05) is 55.5 Å². The van der Waals surface area contributed by atoms with Crippen molar-refractivity contribution in [2.45, 2.75) is 38.5 Å². The predicted molar refractivity (Wildman–Crippen MR) is 137 cm³/mol. The molecule has 2 nitrogen and oxygen atoms in total. The number of hydrogen-bond acceptors (Lipinski definition) is 2. The molecule has 4 heteroatoms. The maximum absolute atomic E-state index is 5.99. The molecule has 0 spiro atoms. The number of ether oxygens (including phenoxy) is 2. The number of hydrogen-bond donors (Lipinski definition) is 0. The van der Waals surface area contributed by atoms with Gasteiger partial charge in [-0.15, -0.1) is 0 Å². The molecule has 0 N–H and O–H groups in total. The normalized spacial score (nSPS) is 12.6. The van der Waals surface area contributed by atoms with Crippen molar-refractivity contribution >= 4 is 31.9 Å². The Bertz CT molecular complexity index is 980. The molecule has 0 saturated carbocycles. The summed E-state index contributed by atoms with van der Waals surface area (Å²) in [6.07, 6.45) is 5.30. The van der Waals surface area contributed by atoms with E-state index in [9.17, 15) is 0 Å². The topological polar surface area (TPSA) is 18.5 Å². The molecule has 0 bridgehead atoms. The van der Waals surface area contributed by atoms with Gasteiger partial charge in [-0.05, 0) is 106 Å². The second-order valence-corrected chi connectivity index (χ2v) is 10.5. The molecule has 0 aliphatic carbocycles. The van der Waals surface area contributed by atoms with E-state index in [1.165, 1.54) is 11.1 Å². The zero-order valence-corrected chi connectivity index (χ0v) is 21.2. The largest absolute Gasteiger partial charge is 0.494 e. The van der Waals surface area contributed by atoms with Crippen molar-refractivity contribution in [2.75, 3.05) is 6.61 Å². The highest BCUT2D eigenvalue weighted by Crippen LogP contribution is 2.36. The van der Waals surface area contributed by atoms with Gasteiger partial charge in [0.2, 0.25) is 0 Å². The lowest BCUT2D eigenvalue weighted by Gasteiger charge is -2.27. The molecule has 3 rings (SSSR count). The first kappa shape index (κ1) is 23.6. The van der Waals surface area contributed by atoms with Gasteiger partial charge in [0.1, 0.15) is 17.2 Å². The van der Waals surface area contributed by atoms with Crippen LogP contribution in [0.15, 0.2) is 88.3 Å². The van der Waals surface area contributed by atoms with Gasteiger partial charge in [-0.25, -0.2) is 0 Å². The summed E-state index contributed by atoms with van der Waals surface area (Å²) in [6.45, 7) is 4.96. The minimum atomic E-state index is -0.0920. The summed E-state index contributed by atoms with van der Waals surface area (Å²) >= 11 is 7.12. The van der Waals surface area contributed by atoms with Crippen molar-refractivity contribution in [1.29, 1.82) is 0 Å². The molecule has 162 valence electrons. The van der Waals surface area contributed by atoms with Crippen LogP contribution in [0.4, 0.5) is 0 Å². The van der Waals surface area contributed by atoms with Crippen LogP contribution in [-0.2, 0) is 11.8 Å². The molecule has 0 aliphatic rings. The number of benzene rings is 3. The van der Waals surface area contributed by atoms with E-state index in [1.54, 1.807) is 0 Å². The predicted octanol–water partition coefficient (Wildman–Crippen LogP) is 8.79. The fourth-order valence-corrected chi connectivity index (χ4v) is 4.70. The Morgan fingerprint density at radius 2 is 1.58 bits per heavy atom. The average Bonchev–Trinajstić information content (AvgIpc) is 2.75. The van der Waals surface area contributed by atoms with Crippen molar-refractivity contribution in [1.82, 2.24) is 0 Å². The van der Waals surface area contributed by atoms with E-state index < -0.39 is 0 Å². The van der Waals surface area contributed by atoms with Crippen molar-refractivity contribution in [2.24, 2.45) is 0 Å². The van der Waals surface area contributed by atoms with Crippen LogP contribution < -0.4 is 9.47 Å². The Morgan fingerprint density at radius 1 is 0.871 bits per heavy atom. The summed E-state index contributed by atoms with van der Waals surface area (Å²) in [4.78, 5) is 0. The van der Waals surface area contributed by atoms with Gasteiger partial charge in [0.05, 0.1) is 10.00 Å². The van der Waals surface area contributed by atoms with Gasteiger partial charge >= 0.3 is 0 Å². The summed E-state index contributed by atoms with van der Waals surface area (Å²) < 4.78 is 12.6. The number of allylic oxidation sites excluding steroid dienone is 1. The molecule has 0 aliphatic heterocycles. The fourth-order valence-electron chi connectivity index (χ4n) is 3.69. The molecule has 0 heterocycles. The molecule has 0 aromatic heterocycles. The van der Waals surface area contributed by atoms with Crippen LogP contribution in [0.2, 0.25) is 0 Å². The molecule has 1 unspecified atom stereocenters. The van der Waals surface area contributed by atoms with Crippen LogP contribution in [0.3, 0.4) is 0 Å². The molecule has 3 aromatic rings. The molecule has 1 atom stereocenters. The highest BCUT2D eigenvalue weighted by atomic mass is 79.9. The maximum atomic E-state index is 5.99. The first-order valence-electron chi connectivity index (χ1n) is 10.6. The Morgan fingerprint density at radius 3 is 2.26 bits per heavy atom. The van der Waals surface area contributed by atoms with Crippen LogP contribution >= 0.6 is 31.9 Å². The molecule has 0 saturated heterocycles. The van der Waals surface area contributed by atoms with E-state index in [2.05, 4.69) is 87.3 Å². The summed E-state index contributed by atoms with van der Waals surface area (Å²) in [5, 5.41) is 0. The van der Waals surface area contributed by atoms with E-state index in [-0.39, 0.29) is 5.41 Å². The Kier molecular flexibility index (Phi) is 8.79. The Labute approximate surface area is 202 Å². The fraction of sp³-hybridized carbons (Fsp3) is 0.259. The van der Waals surface area contributed by atoms with E-state index in [1.807, 2.05) is 43.3 Å². The number of para-hydroxylation sites is 1. The van der Waals surface area contributed by atoms with E-state index in [0.717, 1.165) is 39.9 Å². The summed E-state index contributed by atoms with van der Waals surface area (Å²) in [5.41, 5.74) is 2.46. The van der Waals surface area contributed by atoms with Gasteiger partial charge in [0.15, 0.2) is 0 Å². The van der Waals surface area contributed by atoms with E-state index in [4.69, 9.17) is 9.47 Å². The van der Waals surface area contributed by atoms with Crippen LogP contribution in [0.1, 0.15) is 37.8 Å². The first-order valence-corrected chi connectivity index (χ1v) is 12.2. The SMILES string of the molecule is CCOc1ccc(C(C)(C=C(Br)Br)CCCc2cccc(Oc3ccccc3)c2)cc1. The summed E-state index contributed by atoms with van der Waals surface area (Å²) in [5.74, 6) is 2.64. The van der Waals surface area contributed by atoms with Crippen molar-refractivity contribution in [3.63, 3.8) is 0 Å². The van der Waals surface area contributed by atoms with Gasteiger partial charge in [0.25, 0.3) is 0 Å². The lowest BCUT2D eigenvalue weighted by Crippen LogP contribution is -2.19. The first-order chi connectivity index (χ1) is 15.0. The molecular weight excluding hydrogens is 516 g/mol. The van der Waals surface area contributed by atoms with Crippen LogP contribution in [0.25, 0.3) is 0 Å². The van der Waals surface area contributed by atoms with Crippen LogP contribution in [0, 0.1) is 0 Å². The quantitative estimate of drug-likeness (QED) is 0.254. The van der Waals surface area contributed by atoms with Crippen LogP contribution in [-0.4, -0.2) is 6.61 Å². The van der Waals surface area contributed by atoms with E-state index in [0.29, 0.717) is 6.61 Å². The third-order valence-corrected chi connectivity index (χ3v) is 5.75. The zero-order valence-electron chi connectivity index (χ0n) is 18.0. The highest BCUT2D eigenvalue weighted by molar-refractivity contribution is 9.28. The average molecular weight is 544 g/mol. The molecule has 0 fully saturated rings. The van der Waals surface area contributed by atoms with Crippen molar-refractivity contribution < 1.29 is 9.47 Å². The summed E-state index contributed by atoms with van der Waals surface area (Å²) in [7, 11) is 0. The second-order valence-electron chi connectivity index (χ2n) is 7.72. The zero-order chi connectivity index (χ0) is 22.1. The van der Waals surface area contributed by atoms with Crippen LogP contribution in [0.5, 0.6) is 17.2 Å². The van der Waals surface area contributed by atoms with Crippen molar-refractivity contribution in [3.8, 4) is 17.2 Å².